The van der Waals surface area contributed by atoms with Crippen molar-refractivity contribution in [1.29, 1.82) is 0 Å². The van der Waals surface area contributed by atoms with Gasteiger partial charge in [0.05, 0.1) is 0 Å². The summed E-state index contributed by atoms with van der Waals surface area (Å²) in [5.41, 5.74) is 11.0. The highest BCUT2D eigenvalue weighted by Gasteiger charge is 2.30. The largest absolute Gasteiger partial charge is 0.396 e. The zero-order valence-corrected chi connectivity index (χ0v) is 14.1. The van der Waals surface area contributed by atoms with E-state index in [1.807, 2.05) is 0 Å². The maximum Gasteiger partial charge on any atom is 0.0468 e. The van der Waals surface area contributed by atoms with Gasteiger partial charge in [0.2, 0.25) is 0 Å². The predicted molar refractivity (Wildman–Crippen MR) is 103 cm³/mol. The lowest BCUT2D eigenvalue weighted by molar-refractivity contribution is 0.298. The van der Waals surface area contributed by atoms with Gasteiger partial charge in [-0.25, -0.2) is 0 Å². The zero-order valence-electron chi connectivity index (χ0n) is 14.1. The number of aliphatic hydroxyl groups excluding tert-OH is 1. The van der Waals surface area contributed by atoms with E-state index < -0.39 is 0 Å². The number of aliphatic hydroxyl groups is 1. The molecule has 122 valence electrons. The second-order valence-corrected chi connectivity index (χ2v) is 6.96. The lowest BCUT2D eigenvalue weighted by Gasteiger charge is -2.20. The summed E-state index contributed by atoms with van der Waals surface area (Å²) in [6, 6.07) is 24.1. The van der Waals surface area contributed by atoms with Crippen LogP contribution in [0.1, 0.15) is 40.2 Å². The molecule has 0 heterocycles. The van der Waals surface area contributed by atoms with Crippen LogP contribution in [0.5, 0.6) is 0 Å². The molecule has 2 aliphatic rings. The van der Waals surface area contributed by atoms with Gasteiger partial charge in [-0.3, -0.25) is 0 Å². The normalized spacial score (nSPS) is 17.0. The van der Waals surface area contributed by atoms with Crippen molar-refractivity contribution in [3.8, 4) is 11.1 Å². The van der Waals surface area contributed by atoms with Crippen molar-refractivity contribution in [2.24, 2.45) is 0 Å². The molecule has 0 aliphatic heterocycles. The molecule has 0 fully saturated rings. The van der Waals surface area contributed by atoms with Crippen LogP contribution in [0.2, 0.25) is 0 Å². The predicted octanol–water partition coefficient (Wildman–Crippen LogP) is 5.17. The fraction of sp³-hybridized carbons (Fsp3) is 0.167. The van der Waals surface area contributed by atoms with Crippen LogP contribution in [0.25, 0.3) is 17.2 Å². The topological polar surface area (TPSA) is 20.2 Å². The van der Waals surface area contributed by atoms with E-state index in [4.69, 9.17) is 0 Å². The van der Waals surface area contributed by atoms with Crippen LogP contribution in [0.3, 0.4) is 0 Å². The number of hydrogen-bond acceptors (Lipinski definition) is 1. The monoisotopic (exact) mass is 324 g/mol. The third-order valence-corrected chi connectivity index (χ3v) is 5.62. The molecule has 5 rings (SSSR count). The van der Waals surface area contributed by atoms with Crippen LogP contribution < -0.4 is 0 Å². The molecule has 0 saturated carbocycles. The van der Waals surface area contributed by atoms with Crippen molar-refractivity contribution >= 4 is 6.08 Å². The molecule has 1 atom stereocenters. The molecule has 1 N–H and O–H groups in total. The molecule has 3 aromatic carbocycles. The average molecular weight is 324 g/mol. The van der Waals surface area contributed by atoms with Crippen LogP contribution in [0, 0.1) is 0 Å². The van der Waals surface area contributed by atoms with E-state index in [0.29, 0.717) is 0 Å². The van der Waals surface area contributed by atoms with E-state index in [0.717, 1.165) is 12.8 Å². The number of fused-ring (bicyclic) bond motifs is 4. The van der Waals surface area contributed by atoms with E-state index in [-0.39, 0.29) is 12.5 Å². The SMILES string of the molecule is OCCC1=Cc2ccccc2C1c1cccc2c1Cc1ccccc1-2. The minimum Gasteiger partial charge on any atom is -0.396 e. The van der Waals surface area contributed by atoms with Crippen molar-refractivity contribution in [3.05, 3.63) is 100 Å². The summed E-state index contributed by atoms with van der Waals surface area (Å²) in [7, 11) is 0. The average Bonchev–Trinajstić information content (AvgIpc) is 3.20. The maximum atomic E-state index is 9.56. The highest BCUT2D eigenvalue weighted by atomic mass is 16.2. The molecule has 25 heavy (non-hydrogen) atoms. The van der Waals surface area contributed by atoms with Crippen molar-refractivity contribution < 1.29 is 5.11 Å². The quantitative estimate of drug-likeness (QED) is 0.551. The van der Waals surface area contributed by atoms with E-state index in [1.54, 1.807) is 0 Å². The first-order chi connectivity index (χ1) is 12.4. The molecule has 1 heteroatoms. The van der Waals surface area contributed by atoms with Gasteiger partial charge >= 0.3 is 0 Å². The molecule has 3 aromatic rings. The van der Waals surface area contributed by atoms with Crippen LogP contribution >= 0.6 is 0 Å². The molecule has 0 radical (unpaired) electrons. The van der Waals surface area contributed by atoms with E-state index in [9.17, 15) is 5.11 Å². The van der Waals surface area contributed by atoms with Gasteiger partial charge < -0.3 is 5.11 Å². The Balaban J connectivity index is 1.69. The molecule has 1 nitrogen and oxygen atoms in total. The van der Waals surface area contributed by atoms with Gasteiger partial charge in [-0.05, 0) is 51.8 Å². The Bertz CT molecular complexity index is 996. The number of hydrogen-bond donors (Lipinski definition) is 1. The summed E-state index contributed by atoms with van der Waals surface area (Å²) in [5, 5.41) is 9.56. The Morgan fingerprint density at radius 1 is 0.800 bits per heavy atom. The van der Waals surface area contributed by atoms with Crippen LogP contribution in [0.4, 0.5) is 0 Å². The molecule has 0 aromatic heterocycles. The lowest BCUT2D eigenvalue weighted by atomic mass is 9.83. The Kier molecular flexibility index (Phi) is 3.36. The lowest BCUT2D eigenvalue weighted by Crippen LogP contribution is -2.06. The van der Waals surface area contributed by atoms with E-state index >= 15 is 0 Å². The van der Waals surface area contributed by atoms with Gasteiger partial charge in [0.1, 0.15) is 0 Å². The van der Waals surface area contributed by atoms with Crippen molar-refractivity contribution in [2.75, 3.05) is 6.61 Å². The molecular weight excluding hydrogens is 304 g/mol. The molecule has 2 aliphatic carbocycles. The zero-order chi connectivity index (χ0) is 16.8. The van der Waals surface area contributed by atoms with Crippen LogP contribution in [0.15, 0.2) is 72.3 Å². The van der Waals surface area contributed by atoms with Crippen molar-refractivity contribution in [3.63, 3.8) is 0 Å². The van der Waals surface area contributed by atoms with Crippen LogP contribution in [-0.2, 0) is 6.42 Å². The summed E-state index contributed by atoms with van der Waals surface area (Å²) in [6.07, 6.45) is 4.01. The number of rotatable bonds is 3. The maximum absolute atomic E-state index is 9.56. The summed E-state index contributed by atoms with van der Waals surface area (Å²) >= 11 is 0. The van der Waals surface area contributed by atoms with Crippen molar-refractivity contribution in [2.45, 2.75) is 18.8 Å². The fourth-order valence-electron chi connectivity index (χ4n) is 4.55. The molecular formula is C24H20O. The Morgan fingerprint density at radius 3 is 2.48 bits per heavy atom. The Morgan fingerprint density at radius 2 is 1.56 bits per heavy atom. The van der Waals surface area contributed by atoms with Gasteiger partial charge in [0, 0.05) is 12.5 Å². The van der Waals surface area contributed by atoms with E-state index in [1.165, 1.54) is 44.5 Å². The fourth-order valence-corrected chi connectivity index (χ4v) is 4.55. The third-order valence-electron chi connectivity index (χ3n) is 5.62. The van der Waals surface area contributed by atoms with E-state index in [2.05, 4.69) is 72.8 Å². The Hall–Kier alpha value is -2.64. The number of benzene rings is 3. The first kappa shape index (κ1) is 14.7. The molecule has 0 bridgehead atoms. The smallest absolute Gasteiger partial charge is 0.0468 e. The van der Waals surface area contributed by atoms with Gasteiger partial charge in [-0.15, -0.1) is 0 Å². The molecule has 0 amide bonds. The van der Waals surface area contributed by atoms with Crippen LogP contribution in [-0.4, -0.2) is 11.7 Å². The second kappa shape index (κ2) is 5.72. The van der Waals surface area contributed by atoms with Gasteiger partial charge in [0.15, 0.2) is 0 Å². The van der Waals surface area contributed by atoms with Crippen molar-refractivity contribution in [1.82, 2.24) is 0 Å². The summed E-state index contributed by atoms with van der Waals surface area (Å²) in [6.45, 7) is 0.200. The summed E-state index contributed by atoms with van der Waals surface area (Å²) in [5.74, 6) is 0.271. The Labute approximate surface area is 148 Å². The highest BCUT2D eigenvalue weighted by Crippen LogP contribution is 2.47. The summed E-state index contributed by atoms with van der Waals surface area (Å²) in [4.78, 5) is 0. The van der Waals surface area contributed by atoms with Gasteiger partial charge in [0.25, 0.3) is 0 Å². The first-order valence-corrected chi connectivity index (χ1v) is 8.97. The first-order valence-electron chi connectivity index (χ1n) is 8.97. The summed E-state index contributed by atoms with van der Waals surface area (Å²) < 4.78 is 0. The minimum absolute atomic E-state index is 0.200. The highest BCUT2D eigenvalue weighted by molar-refractivity contribution is 5.80. The van der Waals surface area contributed by atoms with Gasteiger partial charge in [-0.1, -0.05) is 78.4 Å². The second-order valence-electron chi connectivity index (χ2n) is 6.96. The minimum atomic E-state index is 0.200. The standard InChI is InChI=1S/C24H20O/c25-13-12-18-14-16-6-2-4-9-20(16)24(18)22-11-5-10-21-19-8-3-1-7-17(19)15-23(21)22/h1-11,14,24-25H,12-13,15H2. The third kappa shape index (κ3) is 2.20. The van der Waals surface area contributed by atoms with Gasteiger partial charge in [-0.2, -0.15) is 0 Å². The molecule has 1 unspecified atom stereocenters. The molecule has 0 saturated heterocycles. The molecule has 0 spiro atoms.